The number of methoxy groups -OCH3 is 2. The molecule has 0 aromatic rings. The van der Waals surface area contributed by atoms with Crippen LogP contribution in [0.25, 0.3) is 0 Å². The summed E-state index contributed by atoms with van der Waals surface area (Å²) >= 11 is 0. The summed E-state index contributed by atoms with van der Waals surface area (Å²) in [6, 6.07) is 0. The lowest BCUT2D eigenvalue weighted by molar-refractivity contribution is -0.139. The van der Waals surface area contributed by atoms with Crippen LogP contribution >= 0.6 is 0 Å². The van der Waals surface area contributed by atoms with Gasteiger partial charge in [-0.25, -0.2) is 9.59 Å². The first-order chi connectivity index (χ1) is 11.9. The molecule has 0 N–H and O–H groups in total. The summed E-state index contributed by atoms with van der Waals surface area (Å²) in [5.74, 6) is 0.666. The van der Waals surface area contributed by atoms with Gasteiger partial charge < -0.3 is 9.47 Å². The molecule has 0 aromatic heterocycles. The lowest BCUT2D eigenvalue weighted by atomic mass is 9.87. The van der Waals surface area contributed by atoms with E-state index in [-0.39, 0.29) is 0 Å². The van der Waals surface area contributed by atoms with Crippen LogP contribution in [0.3, 0.4) is 0 Å². The molecule has 0 aromatic carbocycles. The molecule has 1 unspecified atom stereocenters. The maximum atomic E-state index is 12.0. The molecule has 1 aliphatic rings. The number of esters is 2. The van der Waals surface area contributed by atoms with Gasteiger partial charge in [-0.15, -0.1) is 0 Å². The van der Waals surface area contributed by atoms with Gasteiger partial charge in [-0.2, -0.15) is 0 Å². The van der Waals surface area contributed by atoms with E-state index in [1.54, 1.807) is 0 Å². The molecular weight excluding hydrogens is 316 g/mol. The summed E-state index contributed by atoms with van der Waals surface area (Å²) in [4.78, 5) is 23.8. The van der Waals surface area contributed by atoms with E-state index in [1.165, 1.54) is 45.5 Å². The van der Waals surface area contributed by atoms with Gasteiger partial charge in [0.1, 0.15) is 0 Å². The van der Waals surface area contributed by atoms with E-state index >= 15 is 0 Å². The third-order valence-corrected chi connectivity index (χ3v) is 4.90. The highest BCUT2D eigenvalue weighted by Gasteiger charge is 2.25. The van der Waals surface area contributed by atoms with Crippen molar-refractivity contribution in [1.82, 2.24) is 0 Å². The normalized spacial score (nSPS) is 15.8. The second-order valence-electron chi connectivity index (χ2n) is 7.51. The van der Waals surface area contributed by atoms with Gasteiger partial charge in [0.15, 0.2) is 0 Å². The Morgan fingerprint density at radius 3 is 2.16 bits per heavy atom. The molecule has 0 heterocycles. The lowest BCUT2D eigenvalue weighted by Gasteiger charge is -2.19. The Labute approximate surface area is 152 Å². The van der Waals surface area contributed by atoms with Crippen molar-refractivity contribution >= 4 is 11.9 Å². The zero-order chi connectivity index (χ0) is 18.8. The predicted octanol–water partition coefficient (Wildman–Crippen LogP) is 4.98. The van der Waals surface area contributed by atoms with Crippen molar-refractivity contribution in [2.45, 2.75) is 72.1 Å². The highest BCUT2D eigenvalue weighted by molar-refractivity contribution is 6.01. The topological polar surface area (TPSA) is 52.6 Å². The predicted molar refractivity (Wildman–Crippen MR) is 100 cm³/mol. The monoisotopic (exact) mass is 350 g/mol. The Morgan fingerprint density at radius 1 is 0.960 bits per heavy atom. The first-order valence-corrected chi connectivity index (χ1v) is 9.45. The highest BCUT2D eigenvalue weighted by Crippen LogP contribution is 2.30. The molecule has 0 saturated carbocycles. The number of hydrogen-bond donors (Lipinski definition) is 0. The Hall–Kier alpha value is -1.58. The van der Waals surface area contributed by atoms with Gasteiger partial charge in [0.25, 0.3) is 0 Å². The number of rotatable bonds is 10. The fourth-order valence-corrected chi connectivity index (χ4v) is 3.31. The summed E-state index contributed by atoms with van der Waals surface area (Å²) in [6.45, 7) is 6.87. The molecule has 1 rings (SSSR count). The van der Waals surface area contributed by atoms with Crippen LogP contribution in [0.2, 0.25) is 0 Å². The van der Waals surface area contributed by atoms with Crippen LogP contribution < -0.4 is 0 Å². The van der Waals surface area contributed by atoms with Crippen LogP contribution in [-0.4, -0.2) is 26.2 Å². The third kappa shape index (κ3) is 7.45. The average molecular weight is 350 g/mol. The highest BCUT2D eigenvalue weighted by atomic mass is 16.5. The maximum Gasteiger partial charge on any atom is 0.334 e. The fraction of sp³-hybridized carbons (Fsp3) is 0.714. The van der Waals surface area contributed by atoms with Crippen LogP contribution in [0.1, 0.15) is 72.1 Å². The Balaban J connectivity index is 2.47. The van der Waals surface area contributed by atoms with Crippen molar-refractivity contribution in [3.63, 3.8) is 0 Å². The van der Waals surface area contributed by atoms with Gasteiger partial charge in [-0.1, -0.05) is 58.1 Å². The molecule has 4 heteroatoms. The molecule has 1 aliphatic carbocycles. The van der Waals surface area contributed by atoms with Gasteiger partial charge in [-0.05, 0) is 31.1 Å². The Kier molecular flexibility index (Phi) is 9.54. The maximum absolute atomic E-state index is 12.0. The molecular formula is C21H34O4. The first kappa shape index (κ1) is 21.5. The molecule has 0 fully saturated rings. The summed E-state index contributed by atoms with van der Waals surface area (Å²) < 4.78 is 9.62. The van der Waals surface area contributed by atoms with E-state index in [0.29, 0.717) is 24.0 Å². The lowest BCUT2D eigenvalue weighted by Crippen LogP contribution is -2.17. The van der Waals surface area contributed by atoms with Crippen molar-refractivity contribution in [3.8, 4) is 0 Å². The van der Waals surface area contributed by atoms with Crippen LogP contribution in [0.15, 0.2) is 22.8 Å². The molecule has 142 valence electrons. The SMILES string of the molecule is COC(=O)C1=C(C(=O)OC)CC(CCCC(C)CCCC(C)C)=CC1. The van der Waals surface area contributed by atoms with Gasteiger partial charge in [0.05, 0.1) is 25.4 Å². The minimum atomic E-state index is -0.436. The van der Waals surface area contributed by atoms with Crippen molar-refractivity contribution < 1.29 is 19.1 Å². The summed E-state index contributed by atoms with van der Waals surface area (Å²) in [7, 11) is 2.69. The van der Waals surface area contributed by atoms with Crippen molar-refractivity contribution in [2.75, 3.05) is 14.2 Å². The van der Waals surface area contributed by atoms with E-state index in [9.17, 15) is 9.59 Å². The molecule has 1 atom stereocenters. The first-order valence-electron chi connectivity index (χ1n) is 9.45. The minimum absolute atomic E-state index is 0.423. The number of ether oxygens (including phenoxy) is 2. The standard InChI is InChI=1S/C21H34O4/c1-15(2)8-6-9-16(3)10-7-11-17-12-13-18(20(22)24-4)19(14-17)21(23)25-5/h12,15-16H,6-11,13-14H2,1-5H3. The van der Waals surface area contributed by atoms with Gasteiger partial charge in [0, 0.05) is 6.42 Å². The van der Waals surface area contributed by atoms with E-state index in [1.807, 2.05) is 0 Å². The van der Waals surface area contributed by atoms with Gasteiger partial charge >= 0.3 is 11.9 Å². The zero-order valence-corrected chi connectivity index (χ0v) is 16.5. The van der Waals surface area contributed by atoms with Crippen LogP contribution in [-0.2, 0) is 19.1 Å². The number of allylic oxidation sites excluding steroid dienone is 2. The van der Waals surface area contributed by atoms with Crippen molar-refractivity contribution in [2.24, 2.45) is 11.8 Å². The Bertz CT molecular complexity index is 514. The van der Waals surface area contributed by atoms with Crippen LogP contribution in [0, 0.1) is 11.8 Å². The molecule has 0 aliphatic heterocycles. The number of carbonyl (C=O) groups is 2. The molecule has 0 spiro atoms. The zero-order valence-electron chi connectivity index (χ0n) is 16.5. The van der Waals surface area contributed by atoms with Crippen LogP contribution in [0.5, 0.6) is 0 Å². The second kappa shape index (κ2) is 11.1. The number of carbonyl (C=O) groups excluding carboxylic acids is 2. The van der Waals surface area contributed by atoms with E-state index in [2.05, 4.69) is 26.8 Å². The Morgan fingerprint density at radius 2 is 1.56 bits per heavy atom. The smallest absolute Gasteiger partial charge is 0.334 e. The second-order valence-corrected chi connectivity index (χ2v) is 7.51. The third-order valence-electron chi connectivity index (χ3n) is 4.90. The molecule has 4 nitrogen and oxygen atoms in total. The molecule has 25 heavy (non-hydrogen) atoms. The summed E-state index contributed by atoms with van der Waals surface area (Å²) in [6.07, 6.45) is 10.2. The van der Waals surface area contributed by atoms with Crippen molar-refractivity contribution in [3.05, 3.63) is 22.8 Å². The molecule has 0 radical (unpaired) electrons. The van der Waals surface area contributed by atoms with Crippen LogP contribution in [0.4, 0.5) is 0 Å². The fourth-order valence-electron chi connectivity index (χ4n) is 3.31. The molecule has 0 bridgehead atoms. The summed E-state index contributed by atoms with van der Waals surface area (Å²) in [5, 5.41) is 0. The van der Waals surface area contributed by atoms with E-state index in [4.69, 9.17) is 9.47 Å². The average Bonchev–Trinajstić information content (AvgIpc) is 2.59. The summed E-state index contributed by atoms with van der Waals surface area (Å²) in [5.41, 5.74) is 2.11. The quantitative estimate of drug-likeness (QED) is 0.412. The van der Waals surface area contributed by atoms with E-state index < -0.39 is 11.9 Å². The minimum Gasteiger partial charge on any atom is -0.466 e. The van der Waals surface area contributed by atoms with E-state index in [0.717, 1.165) is 24.7 Å². The number of hydrogen-bond acceptors (Lipinski definition) is 4. The molecule has 0 saturated heterocycles. The molecule has 0 amide bonds. The van der Waals surface area contributed by atoms with Gasteiger partial charge in [0.2, 0.25) is 0 Å². The van der Waals surface area contributed by atoms with Crippen molar-refractivity contribution in [1.29, 1.82) is 0 Å². The van der Waals surface area contributed by atoms with Gasteiger partial charge in [-0.3, -0.25) is 0 Å². The largest absolute Gasteiger partial charge is 0.466 e.